The van der Waals surface area contributed by atoms with Crippen molar-refractivity contribution in [2.75, 3.05) is 13.2 Å². The number of rotatable bonds is 1. The van der Waals surface area contributed by atoms with Crippen molar-refractivity contribution in [3.63, 3.8) is 0 Å². The molecule has 1 aliphatic heterocycles. The average molecular weight is 258 g/mol. The second-order valence-corrected chi connectivity index (χ2v) is 6.45. The molecular formula is C16H22N2O. The predicted molar refractivity (Wildman–Crippen MR) is 77.5 cm³/mol. The van der Waals surface area contributed by atoms with Crippen LogP contribution in [0.5, 0.6) is 0 Å². The first kappa shape index (κ1) is 12.7. The van der Waals surface area contributed by atoms with E-state index in [0.717, 1.165) is 25.3 Å². The number of nitrogens with zero attached hydrogens (tertiary/aromatic N) is 2. The zero-order chi connectivity index (χ0) is 13.5. The van der Waals surface area contributed by atoms with Crippen molar-refractivity contribution in [3.05, 3.63) is 30.1 Å². The largest absolute Gasteiger partial charge is 0.379 e. The molecule has 0 saturated carbocycles. The molecule has 3 heterocycles. The summed E-state index contributed by atoms with van der Waals surface area (Å²) in [5, 5.41) is 1.28. The molecular weight excluding hydrogens is 236 g/mol. The molecule has 3 nitrogen and oxygen atoms in total. The van der Waals surface area contributed by atoms with Gasteiger partial charge in [-0.2, -0.15) is 0 Å². The molecule has 0 N–H and O–H groups in total. The Balaban J connectivity index is 2.14. The molecule has 3 rings (SSSR count). The normalized spacial score (nSPS) is 20.9. The van der Waals surface area contributed by atoms with Crippen LogP contribution in [-0.4, -0.2) is 22.8 Å². The van der Waals surface area contributed by atoms with Crippen LogP contribution in [0.4, 0.5) is 0 Å². The number of ether oxygens (including phenoxy) is 1. The Morgan fingerprint density at radius 2 is 2.21 bits per heavy atom. The van der Waals surface area contributed by atoms with E-state index in [1.165, 1.54) is 17.4 Å². The third-order valence-electron chi connectivity index (χ3n) is 3.93. The van der Waals surface area contributed by atoms with E-state index in [1.807, 2.05) is 12.3 Å². The third-order valence-corrected chi connectivity index (χ3v) is 3.93. The van der Waals surface area contributed by atoms with E-state index in [4.69, 9.17) is 4.74 Å². The second-order valence-electron chi connectivity index (χ2n) is 6.45. The van der Waals surface area contributed by atoms with Crippen molar-refractivity contribution in [1.29, 1.82) is 0 Å². The topological polar surface area (TPSA) is 27.1 Å². The molecule has 0 bridgehead atoms. The lowest BCUT2D eigenvalue weighted by atomic mass is 9.87. The molecule has 19 heavy (non-hydrogen) atoms. The van der Waals surface area contributed by atoms with Crippen LogP contribution in [0.25, 0.3) is 11.0 Å². The van der Waals surface area contributed by atoms with Crippen LogP contribution >= 0.6 is 0 Å². The van der Waals surface area contributed by atoms with Gasteiger partial charge < -0.3 is 9.30 Å². The van der Waals surface area contributed by atoms with Gasteiger partial charge in [0, 0.05) is 24.4 Å². The van der Waals surface area contributed by atoms with Gasteiger partial charge in [-0.05, 0) is 36.0 Å². The number of hydrogen-bond donors (Lipinski definition) is 0. The maximum absolute atomic E-state index is 5.63. The van der Waals surface area contributed by atoms with E-state index in [0.29, 0.717) is 6.04 Å². The molecule has 0 aromatic carbocycles. The summed E-state index contributed by atoms with van der Waals surface area (Å²) in [5.74, 6) is 0. The molecule has 1 aliphatic rings. The molecule has 0 radical (unpaired) electrons. The smallest absolute Gasteiger partial charge is 0.140 e. The minimum atomic E-state index is 0.141. The predicted octanol–water partition coefficient (Wildman–Crippen LogP) is 3.69. The van der Waals surface area contributed by atoms with Crippen molar-refractivity contribution < 1.29 is 4.74 Å². The number of aromatic nitrogens is 2. The van der Waals surface area contributed by atoms with Gasteiger partial charge in [0.1, 0.15) is 5.65 Å². The van der Waals surface area contributed by atoms with Gasteiger partial charge in [0.05, 0.1) is 12.6 Å². The van der Waals surface area contributed by atoms with Crippen LogP contribution in [0.3, 0.4) is 0 Å². The molecule has 1 unspecified atom stereocenters. The van der Waals surface area contributed by atoms with Gasteiger partial charge in [-0.25, -0.2) is 4.98 Å². The molecule has 1 fully saturated rings. The van der Waals surface area contributed by atoms with Gasteiger partial charge in [-0.3, -0.25) is 0 Å². The van der Waals surface area contributed by atoms with Crippen molar-refractivity contribution in [2.45, 2.75) is 45.1 Å². The molecule has 0 aliphatic carbocycles. The van der Waals surface area contributed by atoms with E-state index in [1.54, 1.807) is 0 Å². The Kier molecular flexibility index (Phi) is 3.09. The first-order valence-electron chi connectivity index (χ1n) is 7.11. The van der Waals surface area contributed by atoms with E-state index < -0.39 is 0 Å². The van der Waals surface area contributed by atoms with Crippen molar-refractivity contribution in [1.82, 2.24) is 9.55 Å². The third kappa shape index (κ3) is 2.27. The lowest BCUT2D eigenvalue weighted by Crippen LogP contribution is -2.21. The summed E-state index contributed by atoms with van der Waals surface area (Å²) in [6, 6.07) is 4.64. The summed E-state index contributed by atoms with van der Waals surface area (Å²) >= 11 is 0. The first-order chi connectivity index (χ1) is 9.07. The standard InChI is InChI=1S/C16H22N2O/c1-16(2,3)14-10-18(12-6-5-9-19-11-12)15-13(14)7-4-8-17-15/h4,7-8,10,12H,5-6,9,11H2,1-3H3. The summed E-state index contributed by atoms with van der Waals surface area (Å²) in [7, 11) is 0. The summed E-state index contributed by atoms with van der Waals surface area (Å²) < 4.78 is 7.96. The Morgan fingerprint density at radius 3 is 2.89 bits per heavy atom. The van der Waals surface area contributed by atoms with Crippen LogP contribution < -0.4 is 0 Å². The van der Waals surface area contributed by atoms with E-state index in [2.05, 4.69) is 42.6 Å². The highest BCUT2D eigenvalue weighted by atomic mass is 16.5. The number of hydrogen-bond acceptors (Lipinski definition) is 2. The Bertz CT molecular complexity index is 574. The molecule has 102 valence electrons. The van der Waals surface area contributed by atoms with Gasteiger partial charge in [0.15, 0.2) is 0 Å². The fraction of sp³-hybridized carbons (Fsp3) is 0.562. The quantitative estimate of drug-likeness (QED) is 0.780. The summed E-state index contributed by atoms with van der Waals surface area (Å²) in [5.41, 5.74) is 2.62. The number of fused-ring (bicyclic) bond motifs is 1. The monoisotopic (exact) mass is 258 g/mol. The van der Waals surface area contributed by atoms with Gasteiger partial charge in [0.25, 0.3) is 0 Å². The fourth-order valence-corrected chi connectivity index (χ4v) is 2.90. The molecule has 0 amide bonds. The van der Waals surface area contributed by atoms with Gasteiger partial charge in [0.2, 0.25) is 0 Å². The zero-order valence-electron chi connectivity index (χ0n) is 12.0. The molecule has 0 spiro atoms. The van der Waals surface area contributed by atoms with Gasteiger partial charge in [-0.1, -0.05) is 20.8 Å². The molecule has 2 aromatic heterocycles. The Labute approximate surface area is 114 Å². The van der Waals surface area contributed by atoms with E-state index >= 15 is 0 Å². The van der Waals surface area contributed by atoms with Crippen molar-refractivity contribution >= 4 is 11.0 Å². The molecule has 3 heteroatoms. The Hall–Kier alpha value is -1.35. The fourth-order valence-electron chi connectivity index (χ4n) is 2.90. The minimum Gasteiger partial charge on any atom is -0.379 e. The van der Waals surface area contributed by atoms with Crippen LogP contribution in [0.1, 0.15) is 45.2 Å². The molecule has 1 atom stereocenters. The highest BCUT2D eigenvalue weighted by molar-refractivity contribution is 5.81. The maximum atomic E-state index is 5.63. The summed E-state index contributed by atoms with van der Waals surface area (Å²) in [6.07, 6.45) is 6.50. The van der Waals surface area contributed by atoms with Gasteiger partial charge in [-0.15, -0.1) is 0 Å². The SMILES string of the molecule is CC(C)(C)c1cn(C2CCCOC2)c2ncccc12. The Morgan fingerprint density at radius 1 is 1.37 bits per heavy atom. The van der Waals surface area contributed by atoms with Crippen LogP contribution in [0, 0.1) is 0 Å². The summed E-state index contributed by atoms with van der Waals surface area (Å²) in [4.78, 5) is 4.60. The van der Waals surface area contributed by atoms with Crippen LogP contribution in [0.15, 0.2) is 24.5 Å². The lowest BCUT2D eigenvalue weighted by molar-refractivity contribution is 0.0604. The van der Waals surface area contributed by atoms with Crippen LogP contribution in [-0.2, 0) is 10.2 Å². The molecule has 2 aromatic rings. The van der Waals surface area contributed by atoms with Gasteiger partial charge >= 0.3 is 0 Å². The highest BCUT2D eigenvalue weighted by Gasteiger charge is 2.24. The minimum absolute atomic E-state index is 0.141. The summed E-state index contributed by atoms with van der Waals surface area (Å²) in [6.45, 7) is 8.49. The van der Waals surface area contributed by atoms with Crippen molar-refractivity contribution in [3.8, 4) is 0 Å². The van der Waals surface area contributed by atoms with E-state index in [-0.39, 0.29) is 5.41 Å². The first-order valence-corrected chi connectivity index (χ1v) is 7.11. The number of pyridine rings is 1. The lowest BCUT2D eigenvalue weighted by Gasteiger charge is -2.24. The average Bonchev–Trinajstić information content (AvgIpc) is 2.79. The zero-order valence-corrected chi connectivity index (χ0v) is 12.0. The molecule has 1 saturated heterocycles. The highest BCUT2D eigenvalue weighted by Crippen LogP contribution is 2.33. The maximum Gasteiger partial charge on any atom is 0.140 e. The van der Waals surface area contributed by atoms with Crippen LogP contribution in [0.2, 0.25) is 0 Å². The van der Waals surface area contributed by atoms with E-state index in [9.17, 15) is 0 Å². The second kappa shape index (κ2) is 4.64. The van der Waals surface area contributed by atoms with Crippen molar-refractivity contribution in [2.24, 2.45) is 0 Å².